The van der Waals surface area contributed by atoms with Crippen LogP contribution in [0.5, 0.6) is 0 Å². The SMILES string of the molecule is CCC1CC(CO[C@H]2OC(CO)[C@@H](O)C(n3cc(-c4cccc(C)c4)nn3)C2O)C[C@@H](O[C@@H]2O[C@@H](CO)[C@H](O)C(O[C@@H](CC3CCCCC3)C(=O)O)C2NC(C)=O)[C@@H]1O[C@@H]1OC(C)[C@@H](O)[C@H](O)C1O. The lowest BCUT2D eigenvalue weighted by molar-refractivity contribution is -0.340. The van der Waals surface area contributed by atoms with E-state index in [1.165, 1.54) is 18.5 Å². The molecule has 22 heteroatoms. The summed E-state index contributed by atoms with van der Waals surface area (Å²) in [4.78, 5) is 25.6. The van der Waals surface area contributed by atoms with E-state index in [2.05, 4.69) is 15.6 Å². The molecule has 0 spiro atoms. The second-order valence-electron chi connectivity index (χ2n) is 19.6. The summed E-state index contributed by atoms with van der Waals surface area (Å²) in [5.74, 6) is -2.58. The van der Waals surface area contributed by atoms with E-state index in [4.69, 9.17) is 33.2 Å². The van der Waals surface area contributed by atoms with E-state index in [0.717, 1.165) is 43.2 Å². The first-order valence-corrected chi connectivity index (χ1v) is 24.3. The van der Waals surface area contributed by atoms with Crippen molar-refractivity contribution in [1.29, 1.82) is 0 Å². The number of amides is 1. The number of carbonyl (C=O) groups excluding carboxylic acids is 1. The highest BCUT2D eigenvalue weighted by atomic mass is 16.7. The number of carbonyl (C=O) groups is 2. The Kier molecular flexibility index (Phi) is 18.6. The summed E-state index contributed by atoms with van der Waals surface area (Å²) >= 11 is 0. The van der Waals surface area contributed by atoms with Crippen molar-refractivity contribution >= 4 is 11.9 Å². The Hall–Kier alpha value is -3.30. The fourth-order valence-electron chi connectivity index (χ4n) is 10.7. The number of aliphatic hydroxyl groups excluding tert-OH is 8. The molecule has 9 unspecified atom stereocenters. The summed E-state index contributed by atoms with van der Waals surface area (Å²) in [5, 5.41) is 109. The monoisotopic (exact) mass is 980 g/mol. The molecule has 5 fully saturated rings. The van der Waals surface area contributed by atoms with Gasteiger partial charge in [-0.05, 0) is 56.9 Å². The van der Waals surface area contributed by atoms with Crippen molar-refractivity contribution in [1.82, 2.24) is 20.3 Å². The van der Waals surface area contributed by atoms with Gasteiger partial charge in [0, 0.05) is 12.5 Å². The van der Waals surface area contributed by atoms with Crippen LogP contribution >= 0.6 is 0 Å². The van der Waals surface area contributed by atoms with Crippen LogP contribution in [0.2, 0.25) is 0 Å². The van der Waals surface area contributed by atoms with Gasteiger partial charge < -0.3 is 84.4 Å². The molecule has 2 aromatic rings. The minimum atomic E-state index is -1.68. The Labute approximate surface area is 400 Å². The lowest BCUT2D eigenvalue weighted by atomic mass is 9.76. The zero-order chi connectivity index (χ0) is 49.7. The number of aliphatic hydroxyl groups is 8. The van der Waals surface area contributed by atoms with Crippen LogP contribution in [0.15, 0.2) is 30.5 Å². The van der Waals surface area contributed by atoms with Gasteiger partial charge in [-0.3, -0.25) is 4.79 Å². The fraction of sp³-hybridized carbons (Fsp3) is 0.787. The topological polar surface area (TPSA) is 324 Å². The van der Waals surface area contributed by atoms with E-state index in [-0.39, 0.29) is 25.4 Å². The number of ether oxygens (including phenoxy) is 7. The maximum atomic E-state index is 12.9. The summed E-state index contributed by atoms with van der Waals surface area (Å²) < 4.78 is 45.1. The van der Waals surface area contributed by atoms with Crippen LogP contribution in [-0.4, -0.2) is 197 Å². The smallest absolute Gasteiger partial charge is 0.332 e. The van der Waals surface area contributed by atoms with E-state index in [9.17, 15) is 55.5 Å². The highest BCUT2D eigenvalue weighted by Crippen LogP contribution is 2.41. The van der Waals surface area contributed by atoms with Crippen LogP contribution in [-0.2, 0) is 42.7 Å². The number of hydrogen-bond acceptors (Lipinski definition) is 19. The van der Waals surface area contributed by atoms with E-state index in [0.29, 0.717) is 18.5 Å². The minimum absolute atomic E-state index is 0.0618. The Bertz CT molecular complexity index is 1960. The molecule has 2 aliphatic carbocycles. The third-order valence-electron chi connectivity index (χ3n) is 14.5. The van der Waals surface area contributed by atoms with Gasteiger partial charge in [0.2, 0.25) is 5.91 Å². The zero-order valence-electron chi connectivity index (χ0n) is 39.5. The number of benzene rings is 1. The number of aromatic nitrogens is 3. The molecule has 0 bridgehead atoms. The summed E-state index contributed by atoms with van der Waals surface area (Å²) in [7, 11) is 0. The summed E-state index contributed by atoms with van der Waals surface area (Å²) in [6, 6.07) is 5.11. The van der Waals surface area contributed by atoms with Crippen LogP contribution in [0.1, 0.15) is 90.2 Å². The molecular formula is C47H72N4O18. The molecule has 2 saturated carbocycles. The molecule has 1 aromatic heterocycles. The lowest BCUT2D eigenvalue weighted by Crippen LogP contribution is -2.67. The van der Waals surface area contributed by atoms with Crippen LogP contribution in [0.4, 0.5) is 0 Å². The Balaban J connectivity index is 1.15. The van der Waals surface area contributed by atoms with E-state index in [1.807, 2.05) is 38.1 Å². The number of aryl methyl sites for hydroxylation is 1. The first-order valence-electron chi connectivity index (χ1n) is 24.3. The largest absolute Gasteiger partial charge is 0.479 e. The number of nitrogens with one attached hydrogen (secondary N) is 1. The van der Waals surface area contributed by atoms with Crippen LogP contribution in [0.3, 0.4) is 0 Å². The van der Waals surface area contributed by atoms with Crippen molar-refractivity contribution in [3.63, 3.8) is 0 Å². The highest BCUT2D eigenvalue weighted by molar-refractivity contribution is 5.73. The molecule has 22 nitrogen and oxygen atoms in total. The van der Waals surface area contributed by atoms with Gasteiger partial charge in [-0.25, -0.2) is 9.48 Å². The first kappa shape index (κ1) is 53.5. The molecule has 3 aliphatic heterocycles. The van der Waals surface area contributed by atoms with Crippen LogP contribution in [0.25, 0.3) is 11.3 Å². The van der Waals surface area contributed by atoms with E-state index in [1.54, 1.807) is 6.20 Å². The van der Waals surface area contributed by atoms with E-state index >= 15 is 0 Å². The maximum absolute atomic E-state index is 12.9. The highest BCUT2D eigenvalue weighted by Gasteiger charge is 2.53. The third kappa shape index (κ3) is 12.5. The van der Waals surface area contributed by atoms with Crippen molar-refractivity contribution < 1.29 is 88.7 Å². The second-order valence-corrected chi connectivity index (χ2v) is 19.6. The Morgan fingerprint density at radius 1 is 0.841 bits per heavy atom. The van der Waals surface area contributed by atoms with Gasteiger partial charge in [0.15, 0.2) is 25.0 Å². The molecule has 1 amide bonds. The zero-order valence-corrected chi connectivity index (χ0v) is 39.5. The fourth-order valence-corrected chi connectivity index (χ4v) is 10.7. The Morgan fingerprint density at radius 2 is 1.55 bits per heavy atom. The summed E-state index contributed by atoms with van der Waals surface area (Å²) in [5.41, 5.74) is 2.25. The lowest BCUT2D eigenvalue weighted by Gasteiger charge is -2.49. The van der Waals surface area contributed by atoms with Gasteiger partial charge in [-0.15, -0.1) is 5.10 Å². The van der Waals surface area contributed by atoms with Crippen molar-refractivity contribution in [2.75, 3.05) is 19.8 Å². The average Bonchev–Trinajstić information content (AvgIpc) is 3.82. The van der Waals surface area contributed by atoms with Gasteiger partial charge >= 0.3 is 5.97 Å². The minimum Gasteiger partial charge on any atom is -0.479 e. The molecule has 5 aliphatic rings. The second kappa shape index (κ2) is 23.9. The molecule has 4 heterocycles. The summed E-state index contributed by atoms with van der Waals surface area (Å²) in [6.45, 7) is 5.15. The predicted octanol–water partition coefficient (Wildman–Crippen LogP) is -0.324. The number of carboxylic acids is 1. The van der Waals surface area contributed by atoms with Gasteiger partial charge in [0.25, 0.3) is 0 Å². The number of rotatable bonds is 18. The van der Waals surface area contributed by atoms with Crippen LogP contribution in [0, 0.1) is 24.7 Å². The number of nitrogens with zero attached hydrogens (tertiary/aromatic N) is 3. The Morgan fingerprint density at radius 3 is 2.22 bits per heavy atom. The normalized spacial score (nSPS) is 39.4. The third-order valence-corrected chi connectivity index (χ3v) is 14.5. The molecule has 69 heavy (non-hydrogen) atoms. The molecule has 10 N–H and O–H groups in total. The molecule has 1 aromatic carbocycles. The van der Waals surface area contributed by atoms with Gasteiger partial charge in [-0.1, -0.05) is 74.4 Å². The molecule has 20 atom stereocenters. The molecule has 388 valence electrons. The molecule has 7 rings (SSSR count). The number of aliphatic carboxylic acids is 1. The summed E-state index contributed by atoms with van der Waals surface area (Å²) in [6.07, 6.45) is -14.5. The molecular weight excluding hydrogens is 909 g/mol. The standard InChI is InChI=1S/C47H72N4O18/c1-5-27-15-26(21-63-46-39(58)35(37(56)32(19-52)68-46)51-18-29(49-50-51)28-13-9-10-22(2)14-28)17-30(42(27)69-47-41(60)40(59)36(55)23(3)64-47)66-45-34(48-24(4)54)43(38(57)33(20-53)67-45)65-31(44(61)62)16-25-11-7-6-8-12-25/h9-10,13-14,18,23,25-27,30-43,45-47,52-53,55-60H,5-8,11-12,15-17,19-21H2,1-4H3,(H,48,54)(H,61,62)/t23?,26?,27?,30-,31+,32?,33+,34?,35?,36-,37-,38+,39?,40+,41?,42-,43?,45-,46+,47+/m1/s1. The quantitative estimate of drug-likeness (QED) is 0.0915. The predicted molar refractivity (Wildman–Crippen MR) is 238 cm³/mol. The number of hydrogen-bond donors (Lipinski definition) is 10. The van der Waals surface area contributed by atoms with Crippen molar-refractivity contribution in [2.24, 2.45) is 17.8 Å². The molecule has 3 saturated heterocycles. The van der Waals surface area contributed by atoms with Crippen LogP contribution < -0.4 is 5.32 Å². The average molecular weight is 981 g/mol. The van der Waals surface area contributed by atoms with Gasteiger partial charge in [-0.2, -0.15) is 0 Å². The van der Waals surface area contributed by atoms with Crippen molar-refractivity contribution in [3.8, 4) is 11.3 Å². The van der Waals surface area contributed by atoms with E-state index < -0.39 is 147 Å². The maximum Gasteiger partial charge on any atom is 0.332 e. The van der Waals surface area contributed by atoms with Crippen molar-refractivity contribution in [3.05, 3.63) is 36.0 Å². The molecule has 0 radical (unpaired) electrons. The number of carboxylic acid groups (broad SMARTS) is 1. The van der Waals surface area contributed by atoms with Gasteiger partial charge in [0.1, 0.15) is 72.7 Å². The van der Waals surface area contributed by atoms with Gasteiger partial charge in [0.05, 0.1) is 44.3 Å². The van der Waals surface area contributed by atoms with Crippen molar-refractivity contribution in [2.45, 2.75) is 196 Å². The first-order chi connectivity index (χ1) is 33.0.